The molecule has 22 heavy (non-hydrogen) atoms. The summed E-state index contributed by atoms with van der Waals surface area (Å²) >= 11 is 6.03. The number of nitrogens with one attached hydrogen (secondary N) is 2. The van der Waals surface area contributed by atoms with E-state index in [9.17, 15) is 4.79 Å². The van der Waals surface area contributed by atoms with Gasteiger partial charge in [-0.3, -0.25) is 4.79 Å². The normalized spacial score (nSPS) is 10.7. The van der Waals surface area contributed by atoms with E-state index in [1.165, 1.54) is 0 Å². The molecule has 0 bridgehead atoms. The van der Waals surface area contributed by atoms with Gasteiger partial charge in [0.15, 0.2) is 0 Å². The summed E-state index contributed by atoms with van der Waals surface area (Å²) < 4.78 is 0. The van der Waals surface area contributed by atoms with E-state index < -0.39 is 0 Å². The van der Waals surface area contributed by atoms with Crippen LogP contribution in [0.15, 0.2) is 47.6 Å². The third-order valence-corrected chi connectivity index (χ3v) is 3.70. The summed E-state index contributed by atoms with van der Waals surface area (Å²) in [5.74, 6) is -0.218. The molecule has 0 unspecified atom stereocenters. The van der Waals surface area contributed by atoms with Gasteiger partial charge >= 0.3 is 0 Å². The van der Waals surface area contributed by atoms with Gasteiger partial charge in [-0.05, 0) is 42.7 Å². The van der Waals surface area contributed by atoms with Crippen LogP contribution >= 0.6 is 11.6 Å². The number of nitrogens with zero attached hydrogens (tertiary/aromatic N) is 1. The molecule has 0 saturated heterocycles. The molecule has 0 saturated carbocycles. The summed E-state index contributed by atoms with van der Waals surface area (Å²) in [6.07, 6.45) is 1.64. The second-order valence-corrected chi connectivity index (χ2v) is 5.32. The molecule has 4 nitrogen and oxygen atoms in total. The van der Waals surface area contributed by atoms with E-state index in [-0.39, 0.29) is 12.5 Å². The predicted molar refractivity (Wildman–Crippen MR) is 91.6 cm³/mol. The van der Waals surface area contributed by atoms with Gasteiger partial charge in [-0.25, -0.2) is 5.43 Å². The van der Waals surface area contributed by atoms with Crippen molar-refractivity contribution in [2.45, 2.75) is 13.8 Å². The molecule has 2 rings (SSSR count). The van der Waals surface area contributed by atoms with Crippen LogP contribution in [-0.2, 0) is 4.79 Å². The zero-order chi connectivity index (χ0) is 15.9. The van der Waals surface area contributed by atoms with E-state index in [2.05, 4.69) is 15.8 Å². The van der Waals surface area contributed by atoms with Crippen molar-refractivity contribution < 1.29 is 4.79 Å². The Hall–Kier alpha value is -2.33. The Bertz CT molecular complexity index is 698. The Morgan fingerprint density at radius 1 is 1.18 bits per heavy atom. The van der Waals surface area contributed by atoms with Gasteiger partial charge in [0.1, 0.15) is 0 Å². The Labute approximate surface area is 135 Å². The lowest BCUT2D eigenvalue weighted by atomic mass is 10.1. The lowest BCUT2D eigenvalue weighted by Gasteiger charge is -2.09. The highest BCUT2D eigenvalue weighted by molar-refractivity contribution is 6.31. The van der Waals surface area contributed by atoms with Crippen LogP contribution in [0.1, 0.15) is 16.7 Å². The maximum atomic E-state index is 11.8. The molecule has 2 aromatic carbocycles. The smallest absolute Gasteiger partial charge is 0.259 e. The highest BCUT2D eigenvalue weighted by atomic mass is 35.5. The highest BCUT2D eigenvalue weighted by Crippen LogP contribution is 2.22. The van der Waals surface area contributed by atoms with Crippen molar-refractivity contribution in [3.05, 3.63) is 64.2 Å². The molecule has 0 aliphatic heterocycles. The molecular formula is C17H18ClN3O. The molecule has 0 spiro atoms. The maximum Gasteiger partial charge on any atom is 0.259 e. The van der Waals surface area contributed by atoms with E-state index >= 15 is 0 Å². The molecular weight excluding hydrogens is 298 g/mol. The number of hydrogen-bond donors (Lipinski definition) is 2. The van der Waals surface area contributed by atoms with Crippen LogP contribution in [0.4, 0.5) is 5.69 Å². The first-order valence-electron chi connectivity index (χ1n) is 6.94. The van der Waals surface area contributed by atoms with E-state index in [1.54, 1.807) is 6.21 Å². The molecule has 1 amide bonds. The molecule has 0 radical (unpaired) electrons. The van der Waals surface area contributed by atoms with Gasteiger partial charge in [0.25, 0.3) is 5.91 Å². The Morgan fingerprint density at radius 2 is 1.95 bits per heavy atom. The van der Waals surface area contributed by atoms with Crippen molar-refractivity contribution in [1.82, 2.24) is 5.43 Å². The summed E-state index contributed by atoms with van der Waals surface area (Å²) in [4.78, 5) is 11.8. The minimum atomic E-state index is -0.218. The number of rotatable bonds is 5. The average Bonchev–Trinajstić information content (AvgIpc) is 2.51. The van der Waals surface area contributed by atoms with Crippen LogP contribution in [-0.4, -0.2) is 18.7 Å². The SMILES string of the molecule is Cc1ccccc1/C=N\NC(=O)CNc1cccc(Cl)c1C. The Balaban J connectivity index is 1.86. The first kappa shape index (κ1) is 16.0. The fraction of sp³-hybridized carbons (Fsp3) is 0.176. The van der Waals surface area contributed by atoms with Crippen LogP contribution in [0.5, 0.6) is 0 Å². The number of hydrogen-bond acceptors (Lipinski definition) is 3. The second kappa shape index (κ2) is 7.61. The van der Waals surface area contributed by atoms with Crippen molar-refractivity contribution in [3.63, 3.8) is 0 Å². The van der Waals surface area contributed by atoms with E-state index in [0.29, 0.717) is 5.02 Å². The zero-order valence-electron chi connectivity index (χ0n) is 12.6. The number of amides is 1. The summed E-state index contributed by atoms with van der Waals surface area (Å²) in [5, 5.41) is 7.68. The van der Waals surface area contributed by atoms with Crippen molar-refractivity contribution >= 4 is 29.4 Å². The monoisotopic (exact) mass is 315 g/mol. The number of benzene rings is 2. The lowest BCUT2D eigenvalue weighted by Crippen LogP contribution is -2.26. The van der Waals surface area contributed by atoms with Gasteiger partial charge in [0.05, 0.1) is 12.8 Å². The van der Waals surface area contributed by atoms with Crippen LogP contribution in [0, 0.1) is 13.8 Å². The van der Waals surface area contributed by atoms with Crippen LogP contribution in [0.2, 0.25) is 5.02 Å². The number of hydrazone groups is 1. The quantitative estimate of drug-likeness (QED) is 0.655. The first-order valence-corrected chi connectivity index (χ1v) is 7.32. The molecule has 0 heterocycles. The van der Waals surface area contributed by atoms with Gasteiger partial charge in [-0.2, -0.15) is 5.10 Å². The van der Waals surface area contributed by atoms with E-state index in [1.807, 2.05) is 56.3 Å². The minimum absolute atomic E-state index is 0.131. The van der Waals surface area contributed by atoms with Gasteiger partial charge in [-0.15, -0.1) is 0 Å². The molecule has 2 aromatic rings. The maximum absolute atomic E-state index is 11.8. The van der Waals surface area contributed by atoms with Crippen molar-refractivity contribution in [2.75, 3.05) is 11.9 Å². The van der Waals surface area contributed by atoms with Crippen LogP contribution in [0.3, 0.4) is 0 Å². The second-order valence-electron chi connectivity index (χ2n) is 4.92. The molecule has 0 fully saturated rings. The highest BCUT2D eigenvalue weighted by Gasteiger charge is 2.04. The minimum Gasteiger partial charge on any atom is -0.376 e. The molecule has 0 aromatic heterocycles. The third kappa shape index (κ3) is 4.33. The molecule has 5 heteroatoms. The summed E-state index contributed by atoms with van der Waals surface area (Å²) in [5.41, 5.74) is 6.33. The number of aryl methyl sites for hydroxylation is 1. The Kier molecular flexibility index (Phi) is 5.55. The number of carbonyl (C=O) groups is 1. The molecule has 0 aliphatic rings. The van der Waals surface area contributed by atoms with Crippen molar-refractivity contribution in [3.8, 4) is 0 Å². The largest absolute Gasteiger partial charge is 0.376 e. The van der Waals surface area contributed by atoms with Crippen molar-refractivity contribution in [1.29, 1.82) is 0 Å². The van der Waals surface area contributed by atoms with Crippen molar-refractivity contribution in [2.24, 2.45) is 5.10 Å². The number of anilines is 1. The van der Waals surface area contributed by atoms with Gasteiger partial charge in [0, 0.05) is 10.7 Å². The first-order chi connectivity index (χ1) is 10.6. The van der Waals surface area contributed by atoms with Crippen LogP contribution in [0.25, 0.3) is 0 Å². The summed E-state index contributed by atoms with van der Waals surface area (Å²) in [6.45, 7) is 4.03. The zero-order valence-corrected chi connectivity index (χ0v) is 13.3. The van der Waals surface area contributed by atoms with Gasteiger partial charge in [-0.1, -0.05) is 41.9 Å². The Morgan fingerprint density at radius 3 is 2.73 bits per heavy atom. The topological polar surface area (TPSA) is 53.5 Å². The number of carbonyl (C=O) groups excluding carboxylic acids is 1. The molecule has 0 aliphatic carbocycles. The molecule has 2 N–H and O–H groups in total. The van der Waals surface area contributed by atoms with Gasteiger partial charge < -0.3 is 5.32 Å². The van der Waals surface area contributed by atoms with E-state index in [4.69, 9.17) is 11.6 Å². The lowest BCUT2D eigenvalue weighted by molar-refractivity contribution is -0.119. The number of halogens is 1. The summed E-state index contributed by atoms with van der Waals surface area (Å²) in [6, 6.07) is 13.4. The molecule has 0 atom stereocenters. The van der Waals surface area contributed by atoms with Gasteiger partial charge in [0.2, 0.25) is 0 Å². The fourth-order valence-corrected chi connectivity index (χ4v) is 2.09. The third-order valence-electron chi connectivity index (χ3n) is 3.29. The standard InChI is InChI=1S/C17H18ClN3O/c1-12-6-3-4-7-14(12)10-20-21-17(22)11-19-16-9-5-8-15(18)13(16)2/h3-10,19H,11H2,1-2H3,(H,21,22)/b20-10-. The predicted octanol–water partition coefficient (Wildman–Crippen LogP) is 3.52. The fourth-order valence-electron chi connectivity index (χ4n) is 1.92. The average molecular weight is 316 g/mol. The molecule has 114 valence electrons. The summed E-state index contributed by atoms with van der Waals surface area (Å²) in [7, 11) is 0. The van der Waals surface area contributed by atoms with E-state index in [0.717, 1.165) is 22.4 Å². The van der Waals surface area contributed by atoms with Crippen LogP contribution < -0.4 is 10.7 Å².